The maximum Gasteiger partial charge on any atom is 0.252 e. The lowest BCUT2D eigenvalue weighted by atomic mass is 9.34. The van der Waals surface area contributed by atoms with Crippen LogP contribution in [-0.4, -0.2) is 15.8 Å². The molecule has 0 unspecified atom stereocenters. The van der Waals surface area contributed by atoms with Crippen molar-refractivity contribution in [2.24, 2.45) is 0 Å². The van der Waals surface area contributed by atoms with Crippen molar-refractivity contribution in [2.75, 3.05) is 4.90 Å². The molecule has 2 aliphatic heterocycles. The molecule has 0 N–H and O–H groups in total. The van der Waals surface area contributed by atoms with E-state index in [0.29, 0.717) is 0 Å². The Kier molecular flexibility index (Phi) is 11.3. The third-order valence-electron chi connectivity index (χ3n) is 16.9. The van der Waals surface area contributed by atoms with Gasteiger partial charge in [0.05, 0.1) is 17.1 Å². The van der Waals surface area contributed by atoms with Gasteiger partial charge in [0.1, 0.15) is 0 Å². The Morgan fingerprint density at radius 3 is 0.962 bits per heavy atom. The maximum absolute atomic E-state index is 2.69. The lowest BCUT2D eigenvalue weighted by molar-refractivity contribution is 0.590. The molecule has 13 rings (SSSR count). The van der Waals surface area contributed by atoms with Crippen molar-refractivity contribution in [1.82, 2.24) is 9.13 Å². The van der Waals surface area contributed by atoms with E-state index in [1.165, 1.54) is 117 Å². The SMILES string of the molecule is CC(C)(C)c1ccc(N(c2ccc(C(C)(C)C)cc2)c2cc3c4c(c2)-n2c(-c5ccccc5)c(-c5ccccc5)c5cc(C(C)(C)C)cc(c52)B4c2cc(C(C)(C)C)cc4c(-c5ccccc5)c(-c5ccccc5)n-3c24)cc1. The van der Waals surface area contributed by atoms with E-state index in [1.54, 1.807) is 0 Å². The summed E-state index contributed by atoms with van der Waals surface area (Å²) in [5.41, 5.74) is 27.1. The number of benzene rings is 9. The number of nitrogens with zero attached hydrogens (tertiary/aromatic N) is 3. The van der Waals surface area contributed by atoms with E-state index in [0.717, 1.165) is 17.1 Å². The molecule has 0 aliphatic carbocycles. The van der Waals surface area contributed by atoms with Crippen LogP contribution < -0.4 is 21.3 Å². The highest BCUT2D eigenvalue weighted by Gasteiger charge is 2.45. The second-order valence-electron chi connectivity index (χ2n) is 26.3. The quantitative estimate of drug-likeness (QED) is 0.145. The minimum absolute atomic E-state index is 0.00258. The zero-order valence-electron chi connectivity index (χ0n) is 47.5. The van der Waals surface area contributed by atoms with E-state index in [2.05, 4.69) is 303 Å². The first-order chi connectivity index (χ1) is 37.3. The van der Waals surface area contributed by atoms with Gasteiger partial charge in [-0.1, -0.05) is 241 Å². The molecule has 0 saturated heterocycles. The van der Waals surface area contributed by atoms with Crippen LogP contribution in [0, 0.1) is 0 Å². The Bertz CT molecular complexity index is 3850. The molecule has 0 atom stereocenters. The molecule has 384 valence electrons. The number of aromatic nitrogens is 2. The largest absolute Gasteiger partial charge is 0.310 e. The Hall–Kier alpha value is -8.08. The first-order valence-electron chi connectivity index (χ1n) is 28.1. The Morgan fingerprint density at radius 1 is 0.321 bits per heavy atom. The summed E-state index contributed by atoms with van der Waals surface area (Å²) in [6.07, 6.45) is 0. The molecule has 0 fully saturated rings. The number of anilines is 3. The van der Waals surface area contributed by atoms with E-state index >= 15 is 0 Å². The molecule has 2 aliphatic rings. The fourth-order valence-electron chi connectivity index (χ4n) is 12.8. The Balaban J connectivity index is 1.27. The van der Waals surface area contributed by atoms with Gasteiger partial charge in [0, 0.05) is 55.7 Å². The van der Waals surface area contributed by atoms with E-state index in [4.69, 9.17) is 0 Å². The molecule has 0 bridgehead atoms. The fraction of sp³-hybridized carbons (Fsp3) is 0.216. The van der Waals surface area contributed by atoms with Gasteiger partial charge in [-0.2, -0.15) is 0 Å². The molecule has 0 spiro atoms. The average molecular weight is 1010 g/mol. The number of fused-ring (bicyclic) bond motifs is 4. The molecular formula is C74H70BN3. The van der Waals surface area contributed by atoms with Gasteiger partial charge in [-0.05, 0) is 131 Å². The third kappa shape index (κ3) is 7.93. The van der Waals surface area contributed by atoms with Crippen LogP contribution >= 0.6 is 0 Å². The van der Waals surface area contributed by atoms with Crippen molar-refractivity contribution in [2.45, 2.75) is 105 Å². The van der Waals surface area contributed by atoms with E-state index < -0.39 is 0 Å². The highest BCUT2D eigenvalue weighted by molar-refractivity contribution is 7.00. The van der Waals surface area contributed by atoms with E-state index in [9.17, 15) is 0 Å². The van der Waals surface area contributed by atoms with Gasteiger partial charge in [0.2, 0.25) is 0 Å². The monoisotopic (exact) mass is 1010 g/mol. The second kappa shape index (κ2) is 17.7. The van der Waals surface area contributed by atoms with Gasteiger partial charge >= 0.3 is 0 Å². The summed E-state index contributed by atoms with van der Waals surface area (Å²) in [5, 5.41) is 2.57. The third-order valence-corrected chi connectivity index (χ3v) is 16.9. The minimum Gasteiger partial charge on any atom is -0.310 e. The average Bonchev–Trinajstić information content (AvgIpc) is 3.38. The predicted octanol–water partition coefficient (Wildman–Crippen LogP) is 18.0. The molecule has 2 aromatic heterocycles. The standard InChI is InChI=1S/C74H70BN3/c1-71(2,3)51-33-37-55(38-34-51)76(56-39-35-52(36-40-56)72(4,5)6)57-45-62-66-63(46-57)78-68(50-31-23-16-24-32-50)65(48-27-19-14-20-28-48)59-42-54(74(10,11)12)44-61(70(59)78)75(66)60-43-53(73(7,8)9)41-58-64(47-25-17-13-18-26-47)67(77(62)69(58)60)49-29-21-15-22-30-49/h13-46H,1-12H3. The smallest absolute Gasteiger partial charge is 0.252 e. The van der Waals surface area contributed by atoms with Crippen molar-refractivity contribution >= 4 is 62.0 Å². The second-order valence-corrected chi connectivity index (χ2v) is 26.3. The van der Waals surface area contributed by atoms with Crippen molar-refractivity contribution in [3.8, 4) is 56.1 Å². The molecule has 4 heterocycles. The summed E-state index contributed by atoms with van der Waals surface area (Å²) in [6, 6.07) is 78.8. The van der Waals surface area contributed by atoms with Crippen molar-refractivity contribution in [3.05, 3.63) is 229 Å². The molecule has 11 aromatic rings. The minimum atomic E-state index is -0.134. The molecule has 78 heavy (non-hydrogen) atoms. The van der Waals surface area contributed by atoms with Gasteiger partial charge in [-0.25, -0.2) is 0 Å². The van der Waals surface area contributed by atoms with Crippen LogP contribution in [0.4, 0.5) is 17.1 Å². The Labute approximate surface area is 462 Å². The van der Waals surface area contributed by atoms with Gasteiger partial charge < -0.3 is 14.0 Å². The van der Waals surface area contributed by atoms with E-state index in [-0.39, 0.29) is 28.4 Å². The van der Waals surface area contributed by atoms with Crippen LogP contribution in [0.5, 0.6) is 0 Å². The molecule has 0 amide bonds. The van der Waals surface area contributed by atoms with Crippen LogP contribution in [0.15, 0.2) is 206 Å². The van der Waals surface area contributed by atoms with Gasteiger partial charge in [-0.3, -0.25) is 0 Å². The molecule has 4 heteroatoms. The van der Waals surface area contributed by atoms with Crippen molar-refractivity contribution in [1.29, 1.82) is 0 Å². The number of rotatable bonds is 7. The fourth-order valence-corrected chi connectivity index (χ4v) is 12.8. The lowest BCUT2D eigenvalue weighted by Crippen LogP contribution is -2.60. The zero-order valence-corrected chi connectivity index (χ0v) is 47.5. The van der Waals surface area contributed by atoms with Crippen molar-refractivity contribution in [3.63, 3.8) is 0 Å². The highest BCUT2D eigenvalue weighted by atomic mass is 15.2. The van der Waals surface area contributed by atoms with E-state index in [1.807, 2.05) is 0 Å². The molecular weight excluding hydrogens is 942 g/mol. The molecule has 0 saturated carbocycles. The zero-order chi connectivity index (χ0) is 54.2. The summed E-state index contributed by atoms with van der Waals surface area (Å²) in [4.78, 5) is 2.52. The summed E-state index contributed by atoms with van der Waals surface area (Å²) >= 11 is 0. The van der Waals surface area contributed by atoms with Crippen LogP contribution in [0.3, 0.4) is 0 Å². The van der Waals surface area contributed by atoms with Crippen LogP contribution in [0.2, 0.25) is 0 Å². The summed E-state index contributed by atoms with van der Waals surface area (Å²) in [5.74, 6) is 0. The summed E-state index contributed by atoms with van der Waals surface area (Å²) in [6.45, 7) is 28.0. The van der Waals surface area contributed by atoms with Crippen LogP contribution in [-0.2, 0) is 21.7 Å². The molecule has 3 nitrogen and oxygen atoms in total. The maximum atomic E-state index is 2.69. The first kappa shape index (κ1) is 49.5. The summed E-state index contributed by atoms with van der Waals surface area (Å²) in [7, 11) is 0. The normalized spacial score (nSPS) is 13.1. The lowest BCUT2D eigenvalue weighted by Gasteiger charge is -2.37. The first-order valence-corrected chi connectivity index (χ1v) is 28.1. The Morgan fingerprint density at radius 2 is 0.641 bits per heavy atom. The number of hydrogen-bond acceptors (Lipinski definition) is 1. The number of hydrogen-bond donors (Lipinski definition) is 0. The topological polar surface area (TPSA) is 13.1 Å². The predicted molar refractivity (Wildman–Crippen MR) is 336 cm³/mol. The van der Waals surface area contributed by atoms with Gasteiger partial charge in [0.15, 0.2) is 0 Å². The summed E-state index contributed by atoms with van der Waals surface area (Å²) < 4.78 is 5.38. The molecule has 0 radical (unpaired) electrons. The van der Waals surface area contributed by atoms with Gasteiger partial charge in [0.25, 0.3) is 6.71 Å². The van der Waals surface area contributed by atoms with Crippen LogP contribution in [0.25, 0.3) is 77.9 Å². The van der Waals surface area contributed by atoms with Gasteiger partial charge in [-0.15, -0.1) is 0 Å². The highest BCUT2D eigenvalue weighted by Crippen LogP contribution is 2.51. The van der Waals surface area contributed by atoms with Crippen molar-refractivity contribution < 1.29 is 0 Å². The molecule has 9 aromatic carbocycles. The van der Waals surface area contributed by atoms with Crippen LogP contribution in [0.1, 0.15) is 105 Å².